The third-order valence-electron chi connectivity index (χ3n) is 3.38. The van der Waals surface area contributed by atoms with Crippen LogP contribution in [0.3, 0.4) is 0 Å². The van der Waals surface area contributed by atoms with Crippen molar-refractivity contribution < 1.29 is 14.6 Å². The highest BCUT2D eigenvalue weighted by molar-refractivity contribution is 7.13. The summed E-state index contributed by atoms with van der Waals surface area (Å²) in [4.78, 5) is 16.2. The van der Waals surface area contributed by atoms with Gasteiger partial charge in [-0.2, -0.15) is 0 Å². The lowest BCUT2D eigenvalue weighted by Gasteiger charge is -2.10. The van der Waals surface area contributed by atoms with Crippen LogP contribution in [0, 0.1) is 5.92 Å². The van der Waals surface area contributed by atoms with Crippen molar-refractivity contribution in [3.63, 3.8) is 0 Å². The van der Waals surface area contributed by atoms with Crippen molar-refractivity contribution in [2.45, 2.75) is 37.7 Å². The normalized spacial score (nSPS) is 21.5. The number of methoxy groups -OCH3 is 1. The fraction of sp³-hybridized carbons (Fsp3) is 0.667. The fourth-order valence-corrected chi connectivity index (χ4v) is 3.31. The maximum Gasteiger partial charge on any atom is 0.347 e. The molecule has 1 heterocycles. The molecule has 0 bridgehead atoms. The second-order valence-corrected chi connectivity index (χ2v) is 5.87. The van der Waals surface area contributed by atoms with Crippen molar-refractivity contribution in [1.29, 1.82) is 0 Å². The fourth-order valence-electron chi connectivity index (χ4n) is 2.15. The molecule has 2 aliphatic rings. The van der Waals surface area contributed by atoms with E-state index >= 15 is 0 Å². The van der Waals surface area contributed by atoms with Crippen LogP contribution in [0.2, 0.25) is 0 Å². The van der Waals surface area contributed by atoms with Gasteiger partial charge in [-0.3, -0.25) is 0 Å². The molecule has 1 unspecified atom stereocenters. The Morgan fingerprint density at radius 3 is 2.65 bits per heavy atom. The Labute approximate surface area is 104 Å². The topological polar surface area (TPSA) is 59.4 Å². The molecule has 1 aromatic rings. The van der Waals surface area contributed by atoms with Crippen LogP contribution < -0.4 is 0 Å². The summed E-state index contributed by atoms with van der Waals surface area (Å²) >= 11 is 1.30. The first-order valence-electron chi connectivity index (χ1n) is 5.97. The SMILES string of the molecule is COC(c1nc(C2CC2)c(C(=O)O)s1)C1CC1. The number of ether oxygens (including phenoxy) is 1. The van der Waals surface area contributed by atoms with Crippen molar-refractivity contribution in [2.24, 2.45) is 5.92 Å². The van der Waals surface area contributed by atoms with Crippen LogP contribution in [0.15, 0.2) is 0 Å². The van der Waals surface area contributed by atoms with Gasteiger partial charge in [0.05, 0.1) is 5.69 Å². The van der Waals surface area contributed by atoms with Crippen LogP contribution in [0.25, 0.3) is 0 Å². The molecule has 92 valence electrons. The van der Waals surface area contributed by atoms with Gasteiger partial charge in [-0.15, -0.1) is 11.3 Å². The number of nitrogens with zero attached hydrogens (tertiary/aromatic N) is 1. The van der Waals surface area contributed by atoms with Gasteiger partial charge in [-0.05, 0) is 31.6 Å². The van der Waals surface area contributed by atoms with Crippen molar-refractivity contribution in [3.05, 3.63) is 15.6 Å². The summed E-state index contributed by atoms with van der Waals surface area (Å²) in [6.45, 7) is 0. The number of aromatic carboxylic acids is 1. The largest absolute Gasteiger partial charge is 0.477 e. The lowest BCUT2D eigenvalue weighted by atomic mass is 10.2. The predicted octanol–water partition coefficient (Wildman–Crippen LogP) is 2.82. The van der Waals surface area contributed by atoms with E-state index in [1.807, 2.05) is 0 Å². The molecule has 0 amide bonds. The lowest BCUT2D eigenvalue weighted by molar-refractivity contribution is 0.0700. The predicted molar refractivity (Wildman–Crippen MR) is 63.5 cm³/mol. The summed E-state index contributed by atoms with van der Waals surface area (Å²) < 4.78 is 5.46. The van der Waals surface area contributed by atoms with Gasteiger partial charge in [-0.1, -0.05) is 0 Å². The van der Waals surface area contributed by atoms with Gasteiger partial charge in [0, 0.05) is 13.0 Å². The van der Waals surface area contributed by atoms with Crippen molar-refractivity contribution in [3.8, 4) is 0 Å². The van der Waals surface area contributed by atoms with Crippen LogP contribution >= 0.6 is 11.3 Å². The molecule has 1 atom stereocenters. The molecule has 1 N–H and O–H groups in total. The summed E-state index contributed by atoms with van der Waals surface area (Å²) in [5.74, 6) is 0.0731. The van der Waals surface area contributed by atoms with Crippen LogP contribution in [0.1, 0.15) is 58.1 Å². The van der Waals surface area contributed by atoms with E-state index in [9.17, 15) is 9.90 Å². The smallest absolute Gasteiger partial charge is 0.347 e. The van der Waals surface area contributed by atoms with E-state index in [-0.39, 0.29) is 6.10 Å². The molecule has 0 aliphatic heterocycles. The van der Waals surface area contributed by atoms with E-state index in [0.717, 1.165) is 23.5 Å². The Hall–Kier alpha value is -0.940. The van der Waals surface area contributed by atoms with E-state index < -0.39 is 5.97 Å². The second-order valence-electron chi connectivity index (χ2n) is 4.84. The zero-order chi connectivity index (χ0) is 12.0. The molecule has 17 heavy (non-hydrogen) atoms. The highest BCUT2D eigenvalue weighted by atomic mass is 32.1. The quantitative estimate of drug-likeness (QED) is 0.876. The van der Waals surface area contributed by atoms with Gasteiger partial charge in [0.2, 0.25) is 0 Å². The van der Waals surface area contributed by atoms with Crippen LogP contribution in [0.5, 0.6) is 0 Å². The molecule has 4 nitrogen and oxygen atoms in total. The van der Waals surface area contributed by atoms with Crippen molar-refractivity contribution in [1.82, 2.24) is 4.98 Å². The molecule has 1 aromatic heterocycles. The molecule has 2 aliphatic carbocycles. The molecule has 2 saturated carbocycles. The number of thiazole rings is 1. The van der Waals surface area contributed by atoms with Gasteiger partial charge >= 0.3 is 5.97 Å². The third kappa shape index (κ3) is 2.09. The van der Waals surface area contributed by atoms with Gasteiger partial charge in [0.15, 0.2) is 0 Å². The standard InChI is InChI=1S/C12H15NO3S/c1-16-9(7-4-5-7)11-13-8(6-2-3-6)10(17-11)12(14)15/h6-7,9H,2-5H2,1H3,(H,14,15). The Balaban J connectivity index is 1.93. The molecule has 3 rings (SSSR count). The highest BCUT2D eigenvalue weighted by Crippen LogP contribution is 2.47. The number of carbonyl (C=O) groups is 1. The first-order valence-corrected chi connectivity index (χ1v) is 6.79. The minimum Gasteiger partial charge on any atom is -0.477 e. The van der Waals surface area contributed by atoms with Gasteiger partial charge in [-0.25, -0.2) is 9.78 Å². The molecule has 0 saturated heterocycles. The van der Waals surface area contributed by atoms with E-state index in [0.29, 0.717) is 16.7 Å². The molecule has 2 fully saturated rings. The van der Waals surface area contributed by atoms with E-state index in [2.05, 4.69) is 4.98 Å². The maximum absolute atomic E-state index is 11.2. The number of aromatic nitrogens is 1. The van der Waals surface area contributed by atoms with E-state index in [4.69, 9.17) is 4.74 Å². The molecular formula is C12H15NO3S. The molecule has 5 heteroatoms. The zero-order valence-electron chi connectivity index (χ0n) is 9.68. The van der Waals surface area contributed by atoms with Crippen LogP contribution in [-0.2, 0) is 4.74 Å². The van der Waals surface area contributed by atoms with E-state index in [1.165, 1.54) is 24.2 Å². The number of carboxylic acid groups (broad SMARTS) is 1. The minimum atomic E-state index is -0.846. The van der Waals surface area contributed by atoms with Crippen molar-refractivity contribution in [2.75, 3.05) is 7.11 Å². The minimum absolute atomic E-state index is 0.00519. The first kappa shape index (κ1) is 11.2. The summed E-state index contributed by atoms with van der Waals surface area (Å²) in [5.41, 5.74) is 0.792. The summed E-state index contributed by atoms with van der Waals surface area (Å²) in [7, 11) is 1.68. The average molecular weight is 253 g/mol. The molecule has 0 spiro atoms. The number of rotatable bonds is 5. The summed E-state index contributed by atoms with van der Waals surface area (Å²) in [5, 5.41) is 10.0. The summed E-state index contributed by atoms with van der Waals surface area (Å²) in [6.07, 6.45) is 4.48. The molecular weight excluding hydrogens is 238 g/mol. The Morgan fingerprint density at radius 1 is 1.47 bits per heavy atom. The average Bonchev–Trinajstić information content (AvgIpc) is 3.18. The maximum atomic E-state index is 11.2. The number of hydrogen-bond donors (Lipinski definition) is 1. The lowest BCUT2D eigenvalue weighted by Crippen LogP contribution is -2.03. The van der Waals surface area contributed by atoms with Crippen molar-refractivity contribution >= 4 is 17.3 Å². The third-order valence-corrected chi connectivity index (χ3v) is 4.50. The Bertz CT molecular complexity index is 449. The summed E-state index contributed by atoms with van der Waals surface area (Å²) in [6, 6.07) is 0. The Morgan fingerprint density at radius 2 is 2.18 bits per heavy atom. The van der Waals surface area contributed by atoms with Gasteiger partial charge in [0.25, 0.3) is 0 Å². The van der Waals surface area contributed by atoms with Gasteiger partial charge in [0.1, 0.15) is 16.0 Å². The monoisotopic (exact) mass is 253 g/mol. The zero-order valence-corrected chi connectivity index (χ0v) is 10.5. The highest BCUT2D eigenvalue weighted by Gasteiger charge is 2.38. The number of hydrogen-bond acceptors (Lipinski definition) is 4. The van der Waals surface area contributed by atoms with Gasteiger partial charge < -0.3 is 9.84 Å². The van der Waals surface area contributed by atoms with Crippen LogP contribution in [-0.4, -0.2) is 23.2 Å². The number of carboxylic acids is 1. The molecule has 0 aromatic carbocycles. The molecule has 0 radical (unpaired) electrons. The first-order chi connectivity index (χ1) is 8.20. The van der Waals surface area contributed by atoms with E-state index in [1.54, 1.807) is 7.11 Å². The van der Waals surface area contributed by atoms with Crippen LogP contribution in [0.4, 0.5) is 0 Å². The Kier molecular flexibility index (Phi) is 2.67. The second kappa shape index (κ2) is 4.07.